The molecule has 0 saturated heterocycles. The van der Waals surface area contributed by atoms with Crippen molar-refractivity contribution in [3.8, 4) is 0 Å². The van der Waals surface area contributed by atoms with E-state index in [1.54, 1.807) is 36.5 Å². The number of aromatic nitrogens is 1. The number of nitrogens with one attached hydrogen (secondary N) is 1. The number of carbonyl (C=O) groups excluding carboxylic acids is 1. The van der Waals surface area contributed by atoms with E-state index < -0.39 is 23.5 Å². The number of alkyl halides is 4. The maximum atomic E-state index is 14.8. The molecule has 2 aromatic carbocycles. The van der Waals surface area contributed by atoms with Crippen molar-refractivity contribution in [1.82, 2.24) is 10.4 Å². The molecule has 9 heteroatoms. The summed E-state index contributed by atoms with van der Waals surface area (Å²) in [7, 11) is 0. The number of hydrogen-bond acceptors (Lipinski definition) is 3. The van der Waals surface area contributed by atoms with Gasteiger partial charge < -0.3 is 0 Å². The first-order valence-corrected chi connectivity index (χ1v) is 9.94. The number of halogens is 5. The second-order valence-corrected chi connectivity index (χ2v) is 7.09. The monoisotopic (exact) mass is 451 g/mol. The standard InChI is InChI=1S/C22H18ClF4N3O/c23-11-4-9-20(31)30-29-19(16-6-3-7-17(21(16)24)22(25,26)27)13-14-10-12-28-18-8-2-1-5-15(14)18/h1-3,5-8,10,12H,4,9,11,13H2,(H,30,31). The van der Waals surface area contributed by atoms with Gasteiger partial charge in [0.25, 0.3) is 0 Å². The third-order valence-electron chi connectivity index (χ3n) is 4.57. The van der Waals surface area contributed by atoms with Crippen LogP contribution < -0.4 is 5.43 Å². The minimum absolute atomic E-state index is 0.0168. The smallest absolute Gasteiger partial charge is 0.273 e. The van der Waals surface area contributed by atoms with Crippen LogP contribution in [0.15, 0.2) is 59.8 Å². The summed E-state index contributed by atoms with van der Waals surface area (Å²) in [4.78, 5) is 16.2. The maximum absolute atomic E-state index is 14.8. The predicted molar refractivity (Wildman–Crippen MR) is 111 cm³/mol. The van der Waals surface area contributed by atoms with E-state index in [1.165, 1.54) is 6.07 Å². The van der Waals surface area contributed by atoms with Crippen molar-refractivity contribution in [3.63, 3.8) is 0 Å². The third kappa shape index (κ3) is 5.58. The summed E-state index contributed by atoms with van der Waals surface area (Å²) in [5.41, 5.74) is 1.87. The molecule has 1 aromatic heterocycles. The average Bonchev–Trinajstić information content (AvgIpc) is 2.74. The molecule has 0 atom stereocenters. The van der Waals surface area contributed by atoms with Crippen molar-refractivity contribution in [2.24, 2.45) is 5.10 Å². The summed E-state index contributed by atoms with van der Waals surface area (Å²) in [5.74, 6) is -1.64. The van der Waals surface area contributed by atoms with Crippen LogP contribution in [-0.4, -0.2) is 22.5 Å². The van der Waals surface area contributed by atoms with Gasteiger partial charge in [-0.3, -0.25) is 9.78 Å². The van der Waals surface area contributed by atoms with Gasteiger partial charge in [0.05, 0.1) is 16.8 Å². The number of rotatable bonds is 7. The lowest BCUT2D eigenvalue weighted by Gasteiger charge is -2.14. The van der Waals surface area contributed by atoms with Gasteiger partial charge in [0.1, 0.15) is 5.82 Å². The summed E-state index contributed by atoms with van der Waals surface area (Å²) in [6.45, 7) is 0. The molecule has 0 aliphatic rings. The molecule has 0 bridgehead atoms. The Morgan fingerprint density at radius 3 is 2.61 bits per heavy atom. The van der Waals surface area contributed by atoms with Crippen LogP contribution in [0.1, 0.15) is 29.5 Å². The molecule has 4 nitrogen and oxygen atoms in total. The Balaban J connectivity index is 2.05. The minimum Gasteiger partial charge on any atom is -0.273 e. The highest BCUT2D eigenvalue weighted by molar-refractivity contribution is 6.17. The molecule has 0 aliphatic heterocycles. The molecule has 0 radical (unpaired) electrons. The van der Waals surface area contributed by atoms with Gasteiger partial charge in [0.2, 0.25) is 5.91 Å². The Kier molecular flexibility index (Phi) is 7.22. The van der Waals surface area contributed by atoms with E-state index in [0.717, 1.165) is 11.5 Å². The zero-order chi connectivity index (χ0) is 22.4. The largest absolute Gasteiger partial charge is 0.419 e. The van der Waals surface area contributed by atoms with Crippen molar-refractivity contribution in [1.29, 1.82) is 0 Å². The van der Waals surface area contributed by atoms with E-state index in [1.807, 2.05) is 0 Å². The molecule has 0 aliphatic carbocycles. The van der Waals surface area contributed by atoms with Crippen LogP contribution in [0, 0.1) is 5.82 Å². The zero-order valence-electron chi connectivity index (χ0n) is 16.2. The predicted octanol–water partition coefficient (Wildman–Crippen LogP) is 5.47. The van der Waals surface area contributed by atoms with Crippen molar-refractivity contribution < 1.29 is 22.4 Å². The van der Waals surface area contributed by atoms with Gasteiger partial charge in [-0.05, 0) is 30.2 Å². The number of amides is 1. The number of hydrazone groups is 1. The molecule has 0 spiro atoms. The number of carbonyl (C=O) groups is 1. The third-order valence-corrected chi connectivity index (χ3v) is 4.83. The molecule has 0 fully saturated rings. The van der Waals surface area contributed by atoms with E-state index in [0.29, 0.717) is 23.6 Å². The Morgan fingerprint density at radius 1 is 1.10 bits per heavy atom. The second-order valence-electron chi connectivity index (χ2n) is 6.71. The highest BCUT2D eigenvalue weighted by atomic mass is 35.5. The van der Waals surface area contributed by atoms with Gasteiger partial charge in [0.15, 0.2) is 0 Å². The van der Waals surface area contributed by atoms with E-state index >= 15 is 0 Å². The Morgan fingerprint density at radius 2 is 1.87 bits per heavy atom. The van der Waals surface area contributed by atoms with Crippen LogP contribution in [0.5, 0.6) is 0 Å². The fourth-order valence-corrected chi connectivity index (χ4v) is 3.21. The van der Waals surface area contributed by atoms with Gasteiger partial charge in [-0.25, -0.2) is 9.82 Å². The van der Waals surface area contributed by atoms with Crippen LogP contribution in [-0.2, 0) is 17.4 Å². The van der Waals surface area contributed by atoms with Crippen LogP contribution in [0.2, 0.25) is 0 Å². The SMILES string of the molecule is O=C(CCCCl)NN=C(Cc1ccnc2ccccc12)c1cccc(C(F)(F)F)c1F. The molecule has 1 heterocycles. The second kappa shape index (κ2) is 9.87. The van der Waals surface area contributed by atoms with Crippen molar-refractivity contribution in [2.75, 3.05) is 5.88 Å². The summed E-state index contributed by atoms with van der Waals surface area (Å²) < 4.78 is 54.5. The van der Waals surface area contributed by atoms with E-state index in [4.69, 9.17) is 11.6 Å². The highest BCUT2D eigenvalue weighted by Crippen LogP contribution is 2.33. The summed E-state index contributed by atoms with van der Waals surface area (Å²) >= 11 is 5.57. The number of benzene rings is 2. The van der Waals surface area contributed by atoms with E-state index in [-0.39, 0.29) is 30.0 Å². The molecule has 1 amide bonds. The first-order chi connectivity index (χ1) is 14.8. The summed E-state index contributed by atoms with van der Waals surface area (Å²) in [5, 5.41) is 4.73. The summed E-state index contributed by atoms with van der Waals surface area (Å²) in [6, 6.07) is 11.8. The number of para-hydroxylation sites is 1. The molecule has 162 valence electrons. The molecule has 31 heavy (non-hydrogen) atoms. The van der Waals surface area contributed by atoms with Gasteiger partial charge in [0, 0.05) is 35.9 Å². The van der Waals surface area contributed by atoms with Gasteiger partial charge in [-0.15, -0.1) is 11.6 Å². The first kappa shape index (κ1) is 22.7. The molecular weight excluding hydrogens is 434 g/mol. The Hall–Kier alpha value is -3.00. The molecule has 3 aromatic rings. The minimum atomic E-state index is -4.86. The average molecular weight is 452 g/mol. The van der Waals surface area contributed by atoms with Crippen LogP contribution in [0.25, 0.3) is 10.9 Å². The Bertz CT molecular complexity index is 1110. The number of nitrogens with zero attached hydrogens (tertiary/aromatic N) is 2. The summed E-state index contributed by atoms with van der Waals surface area (Å²) in [6.07, 6.45) is -2.83. The van der Waals surface area contributed by atoms with Crippen molar-refractivity contribution >= 4 is 34.1 Å². The Labute approximate surface area is 180 Å². The van der Waals surface area contributed by atoms with Gasteiger partial charge in [-0.2, -0.15) is 18.3 Å². The van der Waals surface area contributed by atoms with Gasteiger partial charge >= 0.3 is 6.18 Å². The molecule has 0 unspecified atom stereocenters. The van der Waals surface area contributed by atoms with Crippen molar-refractivity contribution in [3.05, 3.63) is 77.2 Å². The topological polar surface area (TPSA) is 54.4 Å². The van der Waals surface area contributed by atoms with Crippen LogP contribution in [0.3, 0.4) is 0 Å². The first-order valence-electron chi connectivity index (χ1n) is 9.41. The zero-order valence-corrected chi connectivity index (χ0v) is 17.0. The van der Waals surface area contributed by atoms with Crippen molar-refractivity contribution in [2.45, 2.75) is 25.4 Å². The quantitative estimate of drug-likeness (QED) is 0.224. The fourth-order valence-electron chi connectivity index (χ4n) is 3.07. The van der Waals surface area contributed by atoms with E-state index in [9.17, 15) is 22.4 Å². The number of hydrogen-bond donors (Lipinski definition) is 1. The number of pyridine rings is 1. The number of fused-ring (bicyclic) bond motifs is 1. The van der Waals surface area contributed by atoms with Crippen LogP contribution in [0.4, 0.5) is 17.6 Å². The molecular formula is C22H18ClF4N3O. The fraction of sp³-hybridized carbons (Fsp3) is 0.227. The highest BCUT2D eigenvalue weighted by Gasteiger charge is 2.35. The van der Waals surface area contributed by atoms with Gasteiger partial charge in [-0.1, -0.05) is 30.3 Å². The van der Waals surface area contributed by atoms with Crippen LogP contribution >= 0.6 is 11.6 Å². The lowest BCUT2D eigenvalue weighted by atomic mass is 9.97. The maximum Gasteiger partial charge on any atom is 0.419 e. The van der Waals surface area contributed by atoms with E-state index in [2.05, 4.69) is 15.5 Å². The molecule has 3 rings (SSSR count). The lowest BCUT2D eigenvalue weighted by Crippen LogP contribution is -2.22. The lowest BCUT2D eigenvalue weighted by molar-refractivity contribution is -0.140. The molecule has 0 saturated carbocycles. The normalized spacial score (nSPS) is 12.2. The molecule has 1 N–H and O–H groups in total.